The van der Waals surface area contributed by atoms with Crippen molar-refractivity contribution < 1.29 is 9.26 Å². The Kier molecular flexibility index (Phi) is 3.06. The van der Waals surface area contributed by atoms with Gasteiger partial charge in [-0.3, -0.25) is 4.57 Å². The first-order valence-electron chi connectivity index (χ1n) is 6.15. The Hall–Kier alpha value is -2.15. The van der Waals surface area contributed by atoms with Gasteiger partial charge in [-0.1, -0.05) is 5.16 Å². The highest BCUT2D eigenvalue weighted by atomic mass is 32.1. The van der Waals surface area contributed by atoms with Gasteiger partial charge in [0.15, 0.2) is 10.4 Å². The zero-order valence-electron chi connectivity index (χ0n) is 11.4. The number of hydrogen-bond donors (Lipinski definition) is 1. The molecule has 0 aliphatic rings. The molecule has 7 heteroatoms. The van der Waals surface area contributed by atoms with Crippen molar-refractivity contribution in [2.24, 2.45) is 0 Å². The summed E-state index contributed by atoms with van der Waals surface area (Å²) in [6, 6.07) is 3.70. The van der Waals surface area contributed by atoms with E-state index in [1.54, 1.807) is 13.2 Å². The monoisotopic (exact) mass is 290 g/mol. The van der Waals surface area contributed by atoms with Crippen LogP contribution >= 0.6 is 12.2 Å². The predicted octanol–water partition coefficient (Wildman–Crippen LogP) is 2.76. The van der Waals surface area contributed by atoms with E-state index in [1.807, 2.05) is 24.5 Å². The van der Waals surface area contributed by atoms with Crippen LogP contribution in [0.3, 0.4) is 0 Å². The number of nitrogens with one attached hydrogen (secondary N) is 1. The molecule has 0 amide bonds. The van der Waals surface area contributed by atoms with Gasteiger partial charge in [0.25, 0.3) is 0 Å². The smallest absolute Gasteiger partial charge is 0.215 e. The molecule has 0 fully saturated rings. The summed E-state index contributed by atoms with van der Waals surface area (Å²) in [6.45, 7) is 4.38. The average molecular weight is 290 g/mol. The number of ether oxygens (including phenoxy) is 1. The van der Waals surface area contributed by atoms with Crippen LogP contribution in [0.4, 0.5) is 0 Å². The van der Waals surface area contributed by atoms with Gasteiger partial charge in [-0.15, -0.1) is 0 Å². The molecule has 1 N–H and O–H groups in total. The summed E-state index contributed by atoms with van der Waals surface area (Å²) in [5.74, 6) is 1.35. The zero-order chi connectivity index (χ0) is 14.3. The van der Waals surface area contributed by atoms with Crippen LogP contribution in [0.1, 0.15) is 17.0 Å². The van der Waals surface area contributed by atoms with Crippen molar-refractivity contribution in [1.29, 1.82) is 0 Å². The number of aryl methyl sites for hydroxylation is 2. The normalized spacial score (nSPS) is 11.2. The largest absolute Gasteiger partial charge is 0.481 e. The minimum atomic E-state index is 0.555. The van der Waals surface area contributed by atoms with Gasteiger partial charge in [0.05, 0.1) is 24.9 Å². The lowest BCUT2D eigenvalue weighted by molar-refractivity contribution is 0.392. The second kappa shape index (κ2) is 4.75. The van der Waals surface area contributed by atoms with E-state index in [2.05, 4.69) is 15.1 Å². The van der Waals surface area contributed by atoms with Gasteiger partial charge in [0.1, 0.15) is 5.76 Å². The number of rotatable bonds is 3. The van der Waals surface area contributed by atoms with Gasteiger partial charge in [-0.05, 0) is 32.1 Å². The number of imidazole rings is 1. The lowest BCUT2D eigenvalue weighted by atomic mass is 10.2. The molecular formula is C13H14N4O2S. The van der Waals surface area contributed by atoms with E-state index in [0.29, 0.717) is 17.2 Å². The van der Waals surface area contributed by atoms with E-state index in [1.165, 1.54) is 0 Å². The van der Waals surface area contributed by atoms with E-state index in [4.69, 9.17) is 21.5 Å². The van der Waals surface area contributed by atoms with Gasteiger partial charge in [-0.2, -0.15) is 4.98 Å². The summed E-state index contributed by atoms with van der Waals surface area (Å²) in [6.07, 6.45) is 0. The first kappa shape index (κ1) is 12.9. The molecule has 0 bridgehead atoms. The maximum atomic E-state index is 5.37. The van der Waals surface area contributed by atoms with Crippen LogP contribution in [0, 0.1) is 18.6 Å². The van der Waals surface area contributed by atoms with Gasteiger partial charge < -0.3 is 14.2 Å². The van der Waals surface area contributed by atoms with Crippen LogP contribution in [0.5, 0.6) is 5.88 Å². The van der Waals surface area contributed by atoms with Crippen LogP contribution < -0.4 is 4.74 Å². The van der Waals surface area contributed by atoms with Crippen LogP contribution in [0.15, 0.2) is 16.7 Å². The SMILES string of the molecule is COc1ccc2[nH]c(=S)n(Cc3c(C)noc3C)c2n1. The number of fused-ring (bicyclic) bond motifs is 1. The molecule has 3 heterocycles. The summed E-state index contributed by atoms with van der Waals surface area (Å²) in [7, 11) is 1.59. The van der Waals surface area contributed by atoms with Gasteiger partial charge in [0.2, 0.25) is 5.88 Å². The summed E-state index contributed by atoms with van der Waals surface area (Å²) < 4.78 is 12.9. The van der Waals surface area contributed by atoms with Crippen molar-refractivity contribution in [1.82, 2.24) is 19.7 Å². The minimum absolute atomic E-state index is 0.555. The van der Waals surface area contributed by atoms with Crippen molar-refractivity contribution in [2.45, 2.75) is 20.4 Å². The Morgan fingerprint density at radius 3 is 2.85 bits per heavy atom. The highest BCUT2D eigenvalue weighted by molar-refractivity contribution is 7.71. The molecule has 0 aliphatic heterocycles. The molecule has 0 unspecified atom stereocenters. The van der Waals surface area contributed by atoms with E-state index in [-0.39, 0.29) is 0 Å². The van der Waals surface area contributed by atoms with Crippen LogP contribution in [0.2, 0.25) is 0 Å². The molecule has 0 aromatic carbocycles. The van der Waals surface area contributed by atoms with Gasteiger partial charge >= 0.3 is 0 Å². The molecule has 0 aliphatic carbocycles. The molecule has 3 aromatic rings. The van der Waals surface area contributed by atoms with Crippen LogP contribution in [-0.2, 0) is 6.54 Å². The summed E-state index contributed by atoms with van der Waals surface area (Å²) in [5, 5.41) is 3.96. The number of pyridine rings is 1. The Bertz CT molecular complexity index is 811. The first-order valence-corrected chi connectivity index (χ1v) is 6.56. The van der Waals surface area contributed by atoms with Crippen LogP contribution in [-0.4, -0.2) is 26.8 Å². The third kappa shape index (κ3) is 2.00. The lowest BCUT2D eigenvalue weighted by Gasteiger charge is -2.04. The molecule has 0 atom stereocenters. The maximum absolute atomic E-state index is 5.37. The first-order chi connectivity index (χ1) is 9.60. The van der Waals surface area contributed by atoms with E-state index in [9.17, 15) is 0 Å². The lowest BCUT2D eigenvalue weighted by Crippen LogP contribution is -2.03. The number of aromatic amines is 1. The average Bonchev–Trinajstić information content (AvgIpc) is 2.92. The van der Waals surface area contributed by atoms with Crippen molar-refractivity contribution in [2.75, 3.05) is 7.11 Å². The molecule has 104 valence electrons. The molecule has 0 saturated heterocycles. The second-order valence-corrected chi connectivity index (χ2v) is 4.93. The Labute approximate surface area is 120 Å². The second-order valence-electron chi connectivity index (χ2n) is 4.54. The predicted molar refractivity (Wildman–Crippen MR) is 76.5 cm³/mol. The molecule has 3 rings (SSSR count). The van der Waals surface area contributed by atoms with Crippen molar-refractivity contribution in [3.05, 3.63) is 33.9 Å². The summed E-state index contributed by atoms with van der Waals surface area (Å²) in [4.78, 5) is 7.58. The number of nitrogens with zero attached hydrogens (tertiary/aromatic N) is 3. The fourth-order valence-electron chi connectivity index (χ4n) is 2.16. The van der Waals surface area contributed by atoms with Crippen molar-refractivity contribution in [3.63, 3.8) is 0 Å². The number of aromatic nitrogens is 4. The van der Waals surface area contributed by atoms with Crippen LogP contribution in [0.25, 0.3) is 11.2 Å². The number of H-pyrrole nitrogens is 1. The zero-order valence-corrected chi connectivity index (χ0v) is 12.2. The Morgan fingerprint density at radius 2 is 2.20 bits per heavy atom. The third-order valence-electron chi connectivity index (χ3n) is 3.30. The minimum Gasteiger partial charge on any atom is -0.481 e. The number of hydrogen-bond acceptors (Lipinski definition) is 5. The number of methoxy groups -OCH3 is 1. The molecule has 3 aromatic heterocycles. The van der Waals surface area contributed by atoms with E-state index >= 15 is 0 Å². The standard InChI is InChI=1S/C13H14N4O2S/c1-7-9(8(2)19-16-7)6-17-12-10(14-13(17)20)4-5-11(15-12)18-3/h4-5H,6H2,1-3H3,(H,14,20). The topological polar surface area (TPSA) is 68.9 Å². The van der Waals surface area contributed by atoms with E-state index < -0.39 is 0 Å². The Balaban J connectivity index is 2.15. The fourth-order valence-corrected chi connectivity index (χ4v) is 2.42. The molecule has 0 radical (unpaired) electrons. The highest BCUT2D eigenvalue weighted by Crippen LogP contribution is 2.20. The van der Waals surface area contributed by atoms with Gasteiger partial charge in [0, 0.05) is 11.6 Å². The molecule has 6 nitrogen and oxygen atoms in total. The fraction of sp³-hybridized carbons (Fsp3) is 0.308. The Morgan fingerprint density at radius 1 is 1.40 bits per heavy atom. The summed E-state index contributed by atoms with van der Waals surface area (Å²) >= 11 is 5.37. The van der Waals surface area contributed by atoms with E-state index in [0.717, 1.165) is 28.2 Å². The van der Waals surface area contributed by atoms with Crippen molar-refractivity contribution in [3.8, 4) is 5.88 Å². The quantitative estimate of drug-likeness (QED) is 0.751. The maximum Gasteiger partial charge on any atom is 0.215 e. The highest BCUT2D eigenvalue weighted by Gasteiger charge is 2.13. The molecule has 0 spiro atoms. The van der Waals surface area contributed by atoms with Gasteiger partial charge in [-0.25, -0.2) is 0 Å². The molecule has 20 heavy (non-hydrogen) atoms. The van der Waals surface area contributed by atoms with Crippen molar-refractivity contribution >= 4 is 23.4 Å². The summed E-state index contributed by atoms with van der Waals surface area (Å²) in [5.41, 5.74) is 3.52. The molecular weight excluding hydrogens is 276 g/mol. The third-order valence-corrected chi connectivity index (χ3v) is 3.62. The molecule has 0 saturated carbocycles.